The highest BCUT2D eigenvalue weighted by Gasteiger charge is 2.56. The quantitative estimate of drug-likeness (QED) is 0.358. The van der Waals surface area contributed by atoms with Gasteiger partial charge in [0.1, 0.15) is 11.6 Å². The second-order valence-corrected chi connectivity index (χ2v) is 10.6. The van der Waals surface area contributed by atoms with E-state index in [0.29, 0.717) is 30.2 Å². The topological polar surface area (TPSA) is 98.0 Å². The summed E-state index contributed by atoms with van der Waals surface area (Å²) in [5.41, 5.74) is 4.19. The Kier molecular flexibility index (Phi) is 6.80. The highest BCUT2D eigenvalue weighted by atomic mass is 19.1. The van der Waals surface area contributed by atoms with Crippen LogP contribution in [-0.2, 0) is 4.79 Å². The molecule has 0 heterocycles. The maximum absolute atomic E-state index is 14.5. The highest BCUT2D eigenvalue weighted by Crippen LogP contribution is 2.63. The first-order valence-corrected chi connectivity index (χ1v) is 12.1. The van der Waals surface area contributed by atoms with E-state index in [-0.39, 0.29) is 28.8 Å². The number of carbonyl (C=O) groups is 1. The zero-order valence-corrected chi connectivity index (χ0v) is 20.0. The van der Waals surface area contributed by atoms with Crippen molar-refractivity contribution < 1.29 is 34.0 Å². The average Bonchev–Trinajstić information content (AvgIpc) is 3.10. The van der Waals surface area contributed by atoms with Crippen molar-refractivity contribution in [2.75, 3.05) is 0 Å². The van der Waals surface area contributed by atoms with Crippen molar-refractivity contribution in [3.63, 3.8) is 0 Å². The van der Waals surface area contributed by atoms with E-state index >= 15 is 0 Å². The van der Waals surface area contributed by atoms with Gasteiger partial charge >= 0.3 is 5.97 Å². The number of ketones is 1. The lowest BCUT2D eigenvalue weighted by Gasteiger charge is -2.52. The van der Waals surface area contributed by atoms with Crippen LogP contribution < -0.4 is 0 Å². The molecule has 0 radical (unpaired) electrons. The fourth-order valence-corrected chi connectivity index (χ4v) is 6.80. The minimum absolute atomic E-state index is 0.0521. The molecule has 2 fully saturated rings. The van der Waals surface area contributed by atoms with Crippen LogP contribution >= 0.6 is 0 Å². The van der Waals surface area contributed by atoms with Gasteiger partial charge < -0.3 is 20.4 Å². The van der Waals surface area contributed by atoms with E-state index in [0.717, 1.165) is 37.7 Å². The molecule has 0 bridgehead atoms. The summed E-state index contributed by atoms with van der Waals surface area (Å²) in [5.74, 6) is -1.88. The number of rotatable bonds is 1. The predicted molar refractivity (Wildman–Crippen MR) is 126 cm³/mol. The van der Waals surface area contributed by atoms with Crippen molar-refractivity contribution >= 4 is 5.78 Å². The molecule has 1 aromatic carbocycles. The predicted octanol–water partition coefficient (Wildman–Crippen LogP) is 3.78. The van der Waals surface area contributed by atoms with Crippen molar-refractivity contribution in [3.8, 4) is 12.3 Å². The summed E-state index contributed by atoms with van der Waals surface area (Å²) in [6.07, 6.45) is 11.3. The molecule has 4 aliphatic rings. The molecule has 35 heavy (non-hydrogen) atoms. The molecule has 0 saturated heterocycles. The van der Waals surface area contributed by atoms with Crippen LogP contribution in [0.3, 0.4) is 0 Å². The summed E-state index contributed by atoms with van der Waals surface area (Å²) in [7, 11) is 0. The number of terminal acetylenes is 1. The molecule has 2 saturated carbocycles. The third-order valence-corrected chi connectivity index (χ3v) is 8.58. The minimum Gasteiger partial charge on any atom is -0.393 e. The van der Waals surface area contributed by atoms with Gasteiger partial charge in [0.05, 0.1) is 6.10 Å². The van der Waals surface area contributed by atoms with Crippen LogP contribution in [0.2, 0.25) is 0 Å². The van der Waals surface area contributed by atoms with Crippen molar-refractivity contribution in [1.82, 2.24) is 0 Å². The number of benzene rings is 1. The zero-order chi connectivity index (χ0) is 25.7. The molecule has 7 heteroatoms. The van der Waals surface area contributed by atoms with Gasteiger partial charge in [-0.05, 0) is 104 Å². The summed E-state index contributed by atoms with van der Waals surface area (Å²) < 4.78 is 29.0. The summed E-state index contributed by atoms with van der Waals surface area (Å²) in [5, 5.41) is 33.9. The molecule has 4 aliphatic carbocycles. The van der Waals surface area contributed by atoms with Crippen molar-refractivity contribution in [1.29, 1.82) is 0 Å². The van der Waals surface area contributed by atoms with Crippen LogP contribution in [0.1, 0.15) is 68.9 Å². The monoisotopic (exact) mass is 486 g/mol. The molecule has 5 rings (SSSR count). The lowest BCUT2D eigenvalue weighted by atomic mass is 9.53. The van der Waals surface area contributed by atoms with Crippen LogP contribution in [0.15, 0.2) is 34.9 Å². The van der Waals surface area contributed by atoms with E-state index in [9.17, 15) is 18.7 Å². The van der Waals surface area contributed by atoms with Gasteiger partial charge in [0, 0.05) is 17.9 Å². The molecular weight excluding hydrogens is 454 g/mol. The molecule has 5 unspecified atom stereocenters. The average molecular weight is 487 g/mol. The summed E-state index contributed by atoms with van der Waals surface area (Å²) in [6.45, 7) is 3.63. The maximum atomic E-state index is 14.5. The summed E-state index contributed by atoms with van der Waals surface area (Å²) >= 11 is 0. The summed E-state index contributed by atoms with van der Waals surface area (Å²) in [6, 6.07) is 2.98. The molecule has 188 valence electrons. The van der Waals surface area contributed by atoms with Gasteiger partial charge in [-0.2, -0.15) is 0 Å². The molecule has 0 amide bonds. The number of halogens is 2. The van der Waals surface area contributed by atoms with Gasteiger partial charge in [0.15, 0.2) is 5.78 Å². The van der Waals surface area contributed by atoms with Crippen molar-refractivity contribution in [2.24, 2.45) is 17.3 Å². The Balaban J connectivity index is 0.000000431. The highest BCUT2D eigenvalue weighted by molar-refractivity contribution is 5.93. The standard InChI is InChI=1S/C25H28F2O2.C3H4O3/c1-13-21(26)10-15(11-22(13)27)19-12-25(2)20(7-8-23(25)29)18-5-3-14-9-16(28)4-6-17(14)24(18)19;1-2-3(4,5)6/h9-11,18-20,23,29H,3-8,12H2,1-2H3;1,4-6H. The fraction of sp³-hybridized carbons (Fsp3) is 0.536. The van der Waals surface area contributed by atoms with Gasteiger partial charge in [0.2, 0.25) is 0 Å². The number of hydrogen-bond donors (Lipinski definition) is 4. The zero-order valence-electron chi connectivity index (χ0n) is 20.0. The van der Waals surface area contributed by atoms with Crippen LogP contribution in [0, 0.1) is 48.2 Å². The van der Waals surface area contributed by atoms with E-state index < -0.39 is 17.6 Å². The molecule has 5 atom stereocenters. The number of fused-ring (bicyclic) bond motifs is 4. The number of allylic oxidation sites excluding steroid dienone is 4. The molecule has 0 aromatic heterocycles. The van der Waals surface area contributed by atoms with Crippen LogP contribution in [0.5, 0.6) is 0 Å². The van der Waals surface area contributed by atoms with Gasteiger partial charge in [-0.3, -0.25) is 4.79 Å². The Hall–Kier alpha value is -2.37. The second-order valence-electron chi connectivity index (χ2n) is 10.6. The molecule has 4 N–H and O–H groups in total. The Morgan fingerprint density at radius 1 is 1.09 bits per heavy atom. The maximum Gasteiger partial charge on any atom is 0.345 e. The second kappa shape index (κ2) is 9.25. The van der Waals surface area contributed by atoms with E-state index in [1.54, 1.807) is 6.08 Å². The number of aliphatic hydroxyl groups is 4. The third-order valence-electron chi connectivity index (χ3n) is 8.58. The number of aliphatic hydroxyl groups excluding tert-OH is 1. The molecule has 5 nitrogen and oxygen atoms in total. The first kappa shape index (κ1) is 25.7. The molecular formula is C28H32F2O5. The Bertz CT molecular complexity index is 1120. The Morgan fingerprint density at radius 2 is 1.71 bits per heavy atom. The Morgan fingerprint density at radius 3 is 2.31 bits per heavy atom. The lowest BCUT2D eigenvalue weighted by Crippen LogP contribution is -2.45. The van der Waals surface area contributed by atoms with E-state index in [1.165, 1.54) is 36.1 Å². The number of carbonyl (C=O) groups excluding carboxylic acids is 1. The van der Waals surface area contributed by atoms with Gasteiger partial charge in [-0.15, -0.1) is 6.42 Å². The first-order chi connectivity index (χ1) is 16.4. The third kappa shape index (κ3) is 4.73. The van der Waals surface area contributed by atoms with E-state index in [2.05, 4.69) is 13.3 Å². The van der Waals surface area contributed by atoms with Crippen molar-refractivity contribution in [2.45, 2.75) is 76.8 Å². The number of hydrogen-bond acceptors (Lipinski definition) is 5. The molecule has 1 aromatic rings. The van der Waals surface area contributed by atoms with E-state index in [1.807, 2.05) is 0 Å². The minimum atomic E-state index is -2.93. The van der Waals surface area contributed by atoms with Gasteiger partial charge in [-0.25, -0.2) is 8.78 Å². The largest absolute Gasteiger partial charge is 0.393 e. The molecule has 0 spiro atoms. The molecule has 0 aliphatic heterocycles. The van der Waals surface area contributed by atoms with Crippen LogP contribution in [0.25, 0.3) is 0 Å². The van der Waals surface area contributed by atoms with Crippen LogP contribution in [0.4, 0.5) is 8.78 Å². The Labute approximate surface area is 204 Å². The smallest absolute Gasteiger partial charge is 0.345 e. The van der Waals surface area contributed by atoms with Crippen molar-refractivity contribution in [3.05, 3.63) is 57.7 Å². The van der Waals surface area contributed by atoms with Gasteiger partial charge in [0.25, 0.3) is 0 Å². The first-order valence-electron chi connectivity index (χ1n) is 12.1. The normalized spacial score (nSPS) is 32.0. The fourth-order valence-electron chi connectivity index (χ4n) is 6.80. The van der Waals surface area contributed by atoms with Gasteiger partial charge in [-0.1, -0.05) is 12.5 Å². The SMILES string of the molecule is C#CC(O)(O)O.Cc1c(F)cc(C2CC3(C)C(O)CCC3C3CCC4=CC(=O)CCC4=C23)cc1F. The lowest BCUT2D eigenvalue weighted by molar-refractivity contribution is -0.265. The van der Waals surface area contributed by atoms with Crippen LogP contribution in [-0.4, -0.2) is 38.3 Å². The summed E-state index contributed by atoms with van der Waals surface area (Å²) in [4.78, 5) is 12.0. The van der Waals surface area contributed by atoms with E-state index in [4.69, 9.17) is 15.3 Å².